The van der Waals surface area contributed by atoms with Crippen LogP contribution in [0, 0.1) is 5.92 Å². The summed E-state index contributed by atoms with van der Waals surface area (Å²) in [6, 6.07) is -0.838. The second-order valence-electron chi connectivity index (χ2n) is 5.79. The molecule has 0 bridgehead atoms. The molecule has 0 aromatic heterocycles. The summed E-state index contributed by atoms with van der Waals surface area (Å²) in [6.45, 7) is 4.89. The van der Waals surface area contributed by atoms with Gasteiger partial charge in [0, 0.05) is 13.1 Å². The first kappa shape index (κ1) is 18.4. The molecule has 2 amide bonds. The van der Waals surface area contributed by atoms with E-state index in [9.17, 15) is 14.7 Å². The highest BCUT2D eigenvalue weighted by Gasteiger charge is 2.39. The lowest BCUT2D eigenvalue weighted by atomic mass is 10.1. The van der Waals surface area contributed by atoms with Gasteiger partial charge in [0.25, 0.3) is 5.91 Å². The molecular formula is C14H22N6O3S. The van der Waals surface area contributed by atoms with Gasteiger partial charge in [-0.25, -0.2) is 4.99 Å². The number of amidine groups is 2. The van der Waals surface area contributed by atoms with Crippen LogP contribution in [0.25, 0.3) is 0 Å². The van der Waals surface area contributed by atoms with Crippen LogP contribution in [-0.4, -0.2) is 70.3 Å². The maximum Gasteiger partial charge on any atom is 0.281 e. The second-order valence-corrected chi connectivity index (χ2v) is 6.73. The highest BCUT2D eigenvalue weighted by molar-refractivity contribution is 8.14. The van der Waals surface area contributed by atoms with Crippen molar-refractivity contribution in [3.05, 3.63) is 0 Å². The molecule has 0 aromatic rings. The molecule has 2 heterocycles. The van der Waals surface area contributed by atoms with Crippen LogP contribution in [0.5, 0.6) is 0 Å². The normalized spacial score (nSPS) is 19.8. The minimum absolute atomic E-state index is 0.105. The monoisotopic (exact) mass is 354 g/mol. The first-order chi connectivity index (χ1) is 11.4. The number of carbonyl (C=O) groups is 2. The molecule has 132 valence electrons. The van der Waals surface area contributed by atoms with Crippen LogP contribution in [0.3, 0.4) is 0 Å². The third-order valence-corrected chi connectivity index (χ3v) is 4.37. The smallest absolute Gasteiger partial charge is 0.281 e. The lowest BCUT2D eigenvalue weighted by Crippen LogP contribution is -2.42. The van der Waals surface area contributed by atoms with Gasteiger partial charge < -0.3 is 21.1 Å². The first-order valence-electron chi connectivity index (χ1n) is 7.74. The third-order valence-electron chi connectivity index (χ3n) is 3.38. The molecule has 0 radical (unpaired) electrons. The van der Waals surface area contributed by atoms with Gasteiger partial charge in [-0.15, -0.1) is 0 Å². The topological polar surface area (TPSA) is 133 Å². The Morgan fingerprint density at radius 2 is 2.21 bits per heavy atom. The maximum atomic E-state index is 11.9. The van der Waals surface area contributed by atoms with Gasteiger partial charge in [0.15, 0.2) is 11.2 Å². The van der Waals surface area contributed by atoms with Gasteiger partial charge >= 0.3 is 0 Å². The summed E-state index contributed by atoms with van der Waals surface area (Å²) in [5, 5.41) is 12.5. The van der Waals surface area contributed by atoms with Gasteiger partial charge in [-0.05, 0) is 12.3 Å². The number of aliphatic hydroxyl groups excluding tert-OH is 1. The van der Waals surface area contributed by atoms with Crippen LogP contribution in [-0.2, 0) is 9.59 Å². The van der Waals surface area contributed by atoms with Gasteiger partial charge in [-0.3, -0.25) is 9.59 Å². The average Bonchev–Trinajstić information content (AvgIpc) is 2.84. The molecule has 9 nitrogen and oxygen atoms in total. The summed E-state index contributed by atoms with van der Waals surface area (Å²) in [7, 11) is 0. The van der Waals surface area contributed by atoms with Crippen molar-refractivity contribution in [3.8, 4) is 0 Å². The van der Waals surface area contributed by atoms with E-state index in [1.165, 1.54) is 11.8 Å². The molecule has 1 atom stereocenters. The van der Waals surface area contributed by atoms with Gasteiger partial charge in [0.2, 0.25) is 11.9 Å². The van der Waals surface area contributed by atoms with E-state index in [0.717, 1.165) is 6.42 Å². The predicted molar refractivity (Wildman–Crippen MR) is 94.0 cm³/mol. The fourth-order valence-corrected chi connectivity index (χ4v) is 3.08. The number of hydrogen-bond acceptors (Lipinski definition) is 8. The fourth-order valence-electron chi connectivity index (χ4n) is 2.19. The molecule has 10 heteroatoms. The second kappa shape index (κ2) is 8.25. The third kappa shape index (κ3) is 4.54. The molecule has 0 fully saturated rings. The van der Waals surface area contributed by atoms with Crippen LogP contribution in [0.2, 0.25) is 0 Å². The number of aliphatic imine (C=N–C) groups is 3. The lowest BCUT2D eigenvalue weighted by Gasteiger charge is -2.21. The van der Waals surface area contributed by atoms with Gasteiger partial charge in [-0.1, -0.05) is 25.6 Å². The fraction of sp³-hybridized carbons (Fsp3) is 0.643. The van der Waals surface area contributed by atoms with Crippen LogP contribution in [0.1, 0.15) is 20.3 Å². The number of thioether (sulfide) groups is 1. The van der Waals surface area contributed by atoms with Crippen LogP contribution < -0.4 is 11.1 Å². The number of fused-ring (bicyclic) bond motifs is 1. The van der Waals surface area contributed by atoms with Crippen molar-refractivity contribution in [1.82, 2.24) is 10.2 Å². The van der Waals surface area contributed by atoms with Crippen molar-refractivity contribution in [1.29, 1.82) is 0 Å². The van der Waals surface area contributed by atoms with E-state index in [1.807, 2.05) is 0 Å². The van der Waals surface area contributed by atoms with Crippen molar-refractivity contribution < 1.29 is 14.7 Å². The van der Waals surface area contributed by atoms with Crippen molar-refractivity contribution in [2.24, 2.45) is 26.6 Å². The molecule has 24 heavy (non-hydrogen) atoms. The summed E-state index contributed by atoms with van der Waals surface area (Å²) in [5.41, 5.74) is 5.52. The first-order valence-corrected chi connectivity index (χ1v) is 8.73. The summed E-state index contributed by atoms with van der Waals surface area (Å²) < 4.78 is 0. The summed E-state index contributed by atoms with van der Waals surface area (Å²) in [5.74, 6) is 0.327. The molecular weight excluding hydrogens is 332 g/mol. The zero-order valence-electron chi connectivity index (χ0n) is 13.7. The number of nitrogens with zero attached hydrogens (tertiary/aromatic N) is 4. The molecule has 0 saturated carbocycles. The number of amides is 2. The number of hydrogen-bond donors (Lipinski definition) is 3. The number of nitrogens with one attached hydrogen (secondary N) is 1. The summed E-state index contributed by atoms with van der Waals surface area (Å²) in [6.07, 6.45) is 0.915. The minimum atomic E-state index is -0.838. The standard InChI is InChI=1S/C14H22N6O3S/c1-8(2)3-4-16-9(22)7-24-14-17-10-11(20(14)5-6-21)18-13(15)19-12(10)23/h8,10,21H,3-7H2,1-2H3,(H,16,22)(H2,15,19,23). The average molecular weight is 354 g/mol. The Hall–Kier alpha value is -1.94. The quantitative estimate of drug-likeness (QED) is 0.546. The van der Waals surface area contributed by atoms with E-state index in [-0.39, 0.29) is 30.8 Å². The SMILES string of the molecule is CC(C)CCNC(=O)CSC1=NC2C(=O)N=C(N)N=C2N1CCO. The van der Waals surface area contributed by atoms with Crippen LogP contribution >= 0.6 is 11.8 Å². The van der Waals surface area contributed by atoms with Gasteiger partial charge in [0.1, 0.15) is 5.84 Å². The van der Waals surface area contributed by atoms with E-state index in [0.29, 0.717) is 23.5 Å². The molecule has 0 saturated heterocycles. The van der Waals surface area contributed by atoms with E-state index in [2.05, 4.69) is 34.1 Å². The zero-order valence-corrected chi connectivity index (χ0v) is 14.5. The van der Waals surface area contributed by atoms with E-state index >= 15 is 0 Å². The number of β-amino-alcohol motifs (C(OH)–C–C–N with tert-alkyl or cyclic N) is 1. The predicted octanol–water partition coefficient (Wildman–Crippen LogP) is -0.832. The van der Waals surface area contributed by atoms with Crippen molar-refractivity contribution in [3.63, 3.8) is 0 Å². The summed E-state index contributed by atoms with van der Waals surface area (Å²) in [4.78, 5) is 37.3. The highest BCUT2D eigenvalue weighted by Crippen LogP contribution is 2.23. The highest BCUT2D eigenvalue weighted by atomic mass is 32.2. The van der Waals surface area contributed by atoms with Crippen molar-refractivity contribution in [2.45, 2.75) is 26.3 Å². The summed E-state index contributed by atoms with van der Waals surface area (Å²) >= 11 is 1.20. The van der Waals surface area contributed by atoms with Gasteiger partial charge in [-0.2, -0.15) is 9.98 Å². The largest absolute Gasteiger partial charge is 0.395 e. The molecule has 2 aliphatic rings. The molecule has 0 aliphatic carbocycles. The Labute approximate surface area is 144 Å². The van der Waals surface area contributed by atoms with E-state index in [1.54, 1.807) is 4.90 Å². The molecule has 0 aromatic carbocycles. The Bertz CT molecular complexity index is 601. The molecule has 2 rings (SSSR count). The Morgan fingerprint density at radius 3 is 2.88 bits per heavy atom. The number of carbonyl (C=O) groups excluding carboxylic acids is 2. The zero-order chi connectivity index (χ0) is 17.7. The number of aliphatic hydroxyl groups is 1. The molecule has 1 unspecified atom stereocenters. The number of rotatable bonds is 7. The molecule has 0 spiro atoms. The maximum absolute atomic E-state index is 11.9. The number of guanidine groups is 1. The van der Waals surface area contributed by atoms with Gasteiger partial charge in [0.05, 0.1) is 12.4 Å². The Morgan fingerprint density at radius 1 is 1.46 bits per heavy atom. The minimum Gasteiger partial charge on any atom is -0.395 e. The molecule has 2 aliphatic heterocycles. The Kier molecular flexibility index (Phi) is 6.32. The Balaban J connectivity index is 1.96. The van der Waals surface area contributed by atoms with Crippen molar-refractivity contribution in [2.75, 3.05) is 25.4 Å². The molecule has 4 N–H and O–H groups in total. The van der Waals surface area contributed by atoms with E-state index in [4.69, 9.17) is 5.73 Å². The van der Waals surface area contributed by atoms with Crippen LogP contribution in [0.15, 0.2) is 15.0 Å². The van der Waals surface area contributed by atoms with E-state index < -0.39 is 11.9 Å². The number of nitrogens with two attached hydrogens (primary N) is 1. The van der Waals surface area contributed by atoms with Crippen molar-refractivity contribution >= 4 is 40.5 Å². The lowest BCUT2D eigenvalue weighted by molar-refractivity contribution is -0.119. The van der Waals surface area contributed by atoms with Crippen LogP contribution in [0.4, 0.5) is 0 Å².